The summed E-state index contributed by atoms with van der Waals surface area (Å²) in [6.07, 6.45) is 15.2. The van der Waals surface area contributed by atoms with E-state index in [-0.39, 0.29) is 21.7 Å². The highest BCUT2D eigenvalue weighted by Gasteiger charge is 2.96. The Morgan fingerprint density at radius 3 is 1.32 bits per heavy atom. The van der Waals surface area contributed by atoms with Gasteiger partial charge in [0.15, 0.2) is 0 Å². The fraction of sp³-hybridized carbons (Fsp3) is 0.377. The van der Waals surface area contributed by atoms with Crippen LogP contribution in [0.15, 0.2) is 133 Å². The topological polar surface area (TPSA) is 3.24 Å². The fourth-order valence-corrected chi connectivity index (χ4v) is 18.0. The normalized spacial score (nSPS) is 23.8. The predicted molar refractivity (Wildman–Crippen MR) is 330 cm³/mol. The molecule has 78 heavy (non-hydrogen) atoms. The van der Waals surface area contributed by atoms with Crippen LogP contribution in [-0.4, -0.2) is 0 Å². The number of fused-ring (bicyclic) bond motifs is 9. The Labute approximate surface area is 467 Å². The van der Waals surface area contributed by atoms with Gasteiger partial charge in [-0.25, -0.2) is 0 Å². The summed E-state index contributed by atoms with van der Waals surface area (Å²) in [5.41, 5.74) is 37.3. The maximum Gasteiger partial charge on any atom is 0.0465 e. The quantitative estimate of drug-likeness (QED) is 0.105. The maximum absolute atomic E-state index is 2.72. The van der Waals surface area contributed by atoms with Gasteiger partial charge in [0.1, 0.15) is 0 Å². The summed E-state index contributed by atoms with van der Waals surface area (Å²) >= 11 is 0. The van der Waals surface area contributed by atoms with Gasteiger partial charge in [-0.2, -0.15) is 0 Å². The SMILES string of the molecule is CCCCc1ccc2c(c1)C13CCC14CCC43c1cc(N(c3ccc4c(c3)C(C)(c3cc(CC)cc(CC)c3)c3cc(C)c(CC)cc3-4)c3ccc4c(c3)C(C)(c3ccc(CC)cc3CC)c3cc(C)c(CC)cc3-4)ccc1-2. The van der Waals surface area contributed by atoms with Crippen LogP contribution in [0.2, 0.25) is 0 Å². The van der Waals surface area contributed by atoms with Gasteiger partial charge in [-0.1, -0.05) is 152 Å². The maximum atomic E-state index is 2.72. The Kier molecular flexibility index (Phi) is 11.2. The lowest BCUT2D eigenvalue weighted by Gasteiger charge is -2.38. The second kappa shape index (κ2) is 17.5. The van der Waals surface area contributed by atoms with E-state index in [9.17, 15) is 0 Å². The van der Waals surface area contributed by atoms with Crippen LogP contribution in [0.5, 0.6) is 0 Å². The smallest absolute Gasteiger partial charge is 0.0465 e. The molecule has 0 heterocycles. The Hall–Kier alpha value is -6.44. The van der Waals surface area contributed by atoms with Gasteiger partial charge in [0.2, 0.25) is 0 Å². The zero-order valence-electron chi connectivity index (χ0n) is 48.8. The van der Waals surface area contributed by atoms with Crippen LogP contribution < -0.4 is 4.90 Å². The molecular formula is C77H81N. The molecule has 0 saturated heterocycles. The standard InChI is InChI=1S/C77H81N/c1-12-19-20-52-21-26-60-61-27-23-59(46-72(61)77-34-32-75(77)31-33-76(75,77)71(60)41-52)78(57-24-28-62-64-42-53(16-5)47(8)35-67(64)73(10,69(62)44-57)56-39-50(14-3)37-51(15-4)40-56)58-25-29-63-65-43-54(17-6)48(9)36-68(65)74(11,70(63)45-58)66-30-22-49(13-2)38-55(66)18-7/h21-30,35-46H,12-20,31-34H2,1-11H3. The Morgan fingerprint density at radius 1 is 0.359 bits per heavy atom. The number of aryl methyl sites for hydroxylation is 9. The average molecular weight is 1020 g/mol. The number of hydrogen-bond acceptors (Lipinski definition) is 1. The number of nitrogens with zero attached hydrogens (tertiary/aromatic N) is 1. The lowest BCUT2D eigenvalue weighted by atomic mass is 9.66. The van der Waals surface area contributed by atoms with Gasteiger partial charge in [-0.05, 0) is 275 Å². The Bertz CT molecular complexity index is 3820. The number of unbranched alkanes of at least 4 members (excludes halogenated alkanes) is 1. The van der Waals surface area contributed by atoms with Gasteiger partial charge in [0.25, 0.3) is 0 Å². The van der Waals surface area contributed by atoms with Gasteiger partial charge in [-0.15, -0.1) is 0 Å². The second-order valence-corrected chi connectivity index (χ2v) is 25.5. The highest BCUT2D eigenvalue weighted by atomic mass is 15.1. The lowest BCUT2D eigenvalue weighted by molar-refractivity contribution is 0.183. The van der Waals surface area contributed by atoms with Crippen molar-refractivity contribution >= 4 is 17.1 Å². The molecule has 6 aliphatic carbocycles. The molecule has 3 spiro atoms. The predicted octanol–water partition coefficient (Wildman–Crippen LogP) is 19.9. The van der Waals surface area contributed by atoms with Gasteiger partial charge in [-0.3, -0.25) is 0 Å². The molecule has 0 N–H and O–H groups in total. The van der Waals surface area contributed by atoms with Gasteiger partial charge >= 0.3 is 0 Å². The Balaban J connectivity index is 1.02. The van der Waals surface area contributed by atoms with E-state index >= 15 is 0 Å². The summed E-state index contributed by atoms with van der Waals surface area (Å²) < 4.78 is 0. The van der Waals surface area contributed by atoms with Crippen LogP contribution in [0.4, 0.5) is 17.1 Å². The van der Waals surface area contributed by atoms with E-state index in [0.717, 1.165) is 38.5 Å². The molecule has 0 aliphatic heterocycles. The monoisotopic (exact) mass is 1020 g/mol. The molecule has 0 aromatic heterocycles. The van der Waals surface area contributed by atoms with E-state index in [1.54, 1.807) is 11.1 Å². The molecule has 394 valence electrons. The van der Waals surface area contributed by atoms with Crippen molar-refractivity contribution in [1.82, 2.24) is 0 Å². The summed E-state index contributed by atoms with van der Waals surface area (Å²) in [4.78, 5) is 2.70. The number of hydrogen-bond donors (Lipinski definition) is 0. The van der Waals surface area contributed by atoms with Crippen molar-refractivity contribution < 1.29 is 0 Å². The molecule has 5 atom stereocenters. The third-order valence-corrected chi connectivity index (χ3v) is 22.4. The van der Waals surface area contributed by atoms with E-state index in [2.05, 4.69) is 215 Å². The fourth-order valence-electron chi connectivity index (χ4n) is 18.0. The summed E-state index contributed by atoms with van der Waals surface area (Å²) in [6, 6.07) is 55.8. The molecule has 6 aliphatic rings. The first kappa shape index (κ1) is 49.8. The third-order valence-electron chi connectivity index (χ3n) is 22.4. The first-order chi connectivity index (χ1) is 37.8. The van der Waals surface area contributed by atoms with Crippen molar-refractivity contribution in [1.29, 1.82) is 0 Å². The van der Waals surface area contributed by atoms with E-state index in [0.29, 0.717) is 5.41 Å². The van der Waals surface area contributed by atoms with Crippen molar-refractivity contribution in [2.45, 2.75) is 181 Å². The van der Waals surface area contributed by atoms with Gasteiger partial charge in [0, 0.05) is 38.7 Å². The zero-order chi connectivity index (χ0) is 53.8. The van der Waals surface area contributed by atoms with Crippen LogP contribution in [0, 0.1) is 19.3 Å². The van der Waals surface area contributed by atoms with Crippen molar-refractivity contribution in [3.05, 3.63) is 228 Å². The minimum absolute atomic E-state index is 0.232. The molecule has 0 bridgehead atoms. The van der Waals surface area contributed by atoms with Crippen LogP contribution in [-0.2, 0) is 66.6 Å². The third kappa shape index (κ3) is 6.20. The molecule has 0 radical (unpaired) electrons. The van der Waals surface area contributed by atoms with Gasteiger partial charge < -0.3 is 4.90 Å². The molecule has 0 amide bonds. The summed E-state index contributed by atoms with van der Waals surface area (Å²) in [5, 5.41) is 0. The number of rotatable bonds is 14. The molecule has 14 rings (SSSR count). The van der Waals surface area contributed by atoms with Crippen LogP contribution in [0.25, 0.3) is 33.4 Å². The van der Waals surface area contributed by atoms with Crippen LogP contribution in [0.1, 0.15) is 195 Å². The molecule has 3 saturated carbocycles. The molecule has 3 fully saturated rings. The van der Waals surface area contributed by atoms with Gasteiger partial charge in [0.05, 0.1) is 0 Å². The highest BCUT2D eigenvalue weighted by Crippen LogP contribution is 2.99. The van der Waals surface area contributed by atoms with E-state index in [1.165, 1.54) is 179 Å². The average Bonchev–Trinajstić information content (AvgIpc) is 2.42. The first-order valence-electron chi connectivity index (χ1n) is 30.7. The number of anilines is 3. The van der Waals surface area contributed by atoms with Crippen molar-refractivity contribution in [2.75, 3.05) is 4.90 Å². The van der Waals surface area contributed by atoms with Crippen molar-refractivity contribution in [3.63, 3.8) is 0 Å². The molecule has 8 aromatic rings. The minimum atomic E-state index is -0.348. The summed E-state index contributed by atoms with van der Waals surface area (Å²) in [7, 11) is 0. The molecule has 1 heteroatoms. The molecule has 8 aromatic carbocycles. The van der Waals surface area contributed by atoms with E-state index in [4.69, 9.17) is 0 Å². The Morgan fingerprint density at radius 2 is 0.821 bits per heavy atom. The minimum Gasteiger partial charge on any atom is -0.310 e. The summed E-state index contributed by atoms with van der Waals surface area (Å²) in [6.45, 7) is 26.0. The molecular weight excluding hydrogens is 939 g/mol. The lowest BCUT2D eigenvalue weighted by Crippen LogP contribution is -2.30. The van der Waals surface area contributed by atoms with Crippen LogP contribution in [0.3, 0.4) is 0 Å². The van der Waals surface area contributed by atoms with Crippen LogP contribution >= 0.6 is 0 Å². The molecule has 1 nitrogen and oxygen atoms in total. The second-order valence-electron chi connectivity index (χ2n) is 25.5. The van der Waals surface area contributed by atoms with E-state index < -0.39 is 0 Å². The van der Waals surface area contributed by atoms with Crippen molar-refractivity contribution in [2.24, 2.45) is 5.41 Å². The zero-order valence-corrected chi connectivity index (χ0v) is 48.8. The highest BCUT2D eigenvalue weighted by molar-refractivity contribution is 5.93. The largest absolute Gasteiger partial charge is 0.310 e. The van der Waals surface area contributed by atoms with Crippen molar-refractivity contribution in [3.8, 4) is 33.4 Å². The summed E-state index contributed by atoms with van der Waals surface area (Å²) in [5.74, 6) is 0. The number of benzene rings is 8. The molecule has 5 unspecified atom stereocenters. The first-order valence-corrected chi connectivity index (χ1v) is 30.7. The van der Waals surface area contributed by atoms with E-state index in [1.807, 2.05) is 0 Å².